The second-order valence-corrected chi connectivity index (χ2v) is 3.79. The number of hydrogen-bond acceptors (Lipinski definition) is 2. The standard InChI is InChI=1S/C8H16O2.K/c1-8(2,3)6-4-5-7(9)10;/h4-6H2,1-3H3,(H,9,10);/q;+1/p-1. The van der Waals surface area contributed by atoms with Crippen LogP contribution in [0.1, 0.15) is 40.0 Å². The van der Waals surface area contributed by atoms with Gasteiger partial charge in [0.2, 0.25) is 0 Å². The molecule has 0 radical (unpaired) electrons. The maximum absolute atomic E-state index is 9.97. The molecule has 11 heavy (non-hydrogen) atoms. The Labute approximate surface area is 111 Å². The van der Waals surface area contributed by atoms with Crippen LogP contribution < -0.4 is 56.5 Å². The summed E-state index contributed by atoms with van der Waals surface area (Å²) in [5, 5.41) is 9.97. The van der Waals surface area contributed by atoms with Crippen molar-refractivity contribution < 1.29 is 61.3 Å². The van der Waals surface area contributed by atoms with Crippen LogP contribution in [-0.2, 0) is 4.79 Å². The van der Waals surface area contributed by atoms with Crippen molar-refractivity contribution >= 4 is 5.97 Å². The van der Waals surface area contributed by atoms with E-state index in [1.165, 1.54) is 0 Å². The first-order valence-corrected chi connectivity index (χ1v) is 3.62. The fraction of sp³-hybridized carbons (Fsp3) is 0.875. The first-order valence-electron chi connectivity index (χ1n) is 3.62. The molecule has 0 unspecified atom stereocenters. The molecule has 0 saturated carbocycles. The van der Waals surface area contributed by atoms with Gasteiger partial charge in [-0.3, -0.25) is 0 Å². The molecule has 0 aliphatic heterocycles. The van der Waals surface area contributed by atoms with Crippen LogP contribution in [0.2, 0.25) is 0 Å². The Kier molecular flexibility index (Phi) is 8.78. The minimum Gasteiger partial charge on any atom is -0.550 e. The summed E-state index contributed by atoms with van der Waals surface area (Å²) in [4.78, 5) is 9.97. The van der Waals surface area contributed by atoms with Gasteiger partial charge in [0.25, 0.3) is 0 Å². The van der Waals surface area contributed by atoms with E-state index in [0.717, 1.165) is 12.8 Å². The minimum atomic E-state index is -0.941. The summed E-state index contributed by atoms with van der Waals surface area (Å²) in [6, 6.07) is 0. The van der Waals surface area contributed by atoms with E-state index in [2.05, 4.69) is 20.8 Å². The quantitative estimate of drug-likeness (QED) is 0.472. The molecule has 60 valence electrons. The van der Waals surface area contributed by atoms with E-state index in [9.17, 15) is 9.90 Å². The van der Waals surface area contributed by atoms with E-state index in [0.29, 0.717) is 0 Å². The second kappa shape index (κ2) is 6.60. The van der Waals surface area contributed by atoms with Gasteiger partial charge < -0.3 is 9.90 Å². The SMILES string of the molecule is CC(C)(C)CCCC(=O)[O-].[K+]. The van der Waals surface area contributed by atoms with Crippen LogP contribution in [0.3, 0.4) is 0 Å². The summed E-state index contributed by atoms with van der Waals surface area (Å²) < 4.78 is 0. The van der Waals surface area contributed by atoms with Gasteiger partial charge in [-0.15, -0.1) is 0 Å². The second-order valence-electron chi connectivity index (χ2n) is 3.79. The average molecular weight is 182 g/mol. The third-order valence-corrected chi connectivity index (χ3v) is 1.31. The van der Waals surface area contributed by atoms with Crippen molar-refractivity contribution in [1.82, 2.24) is 0 Å². The number of carboxylic acids is 1. The van der Waals surface area contributed by atoms with Crippen molar-refractivity contribution in [3.05, 3.63) is 0 Å². The number of hydrogen-bond donors (Lipinski definition) is 0. The maximum Gasteiger partial charge on any atom is 1.00 e. The smallest absolute Gasteiger partial charge is 0.550 e. The van der Waals surface area contributed by atoms with Gasteiger partial charge in [0, 0.05) is 5.97 Å². The van der Waals surface area contributed by atoms with Gasteiger partial charge in [0.05, 0.1) is 0 Å². The van der Waals surface area contributed by atoms with Gasteiger partial charge in [-0.1, -0.05) is 20.8 Å². The van der Waals surface area contributed by atoms with Crippen molar-refractivity contribution in [2.24, 2.45) is 5.41 Å². The van der Waals surface area contributed by atoms with Crippen molar-refractivity contribution in [3.8, 4) is 0 Å². The molecule has 0 aromatic rings. The summed E-state index contributed by atoms with van der Waals surface area (Å²) >= 11 is 0. The molecule has 0 rings (SSSR count). The molecule has 3 heteroatoms. The van der Waals surface area contributed by atoms with Crippen LogP contribution in [-0.4, -0.2) is 5.97 Å². The molecule has 0 amide bonds. The summed E-state index contributed by atoms with van der Waals surface area (Å²) in [6.45, 7) is 6.30. The van der Waals surface area contributed by atoms with Crippen LogP contribution in [0.4, 0.5) is 0 Å². The number of aliphatic carboxylic acids is 1. The summed E-state index contributed by atoms with van der Waals surface area (Å²) in [7, 11) is 0. The van der Waals surface area contributed by atoms with E-state index < -0.39 is 5.97 Å². The van der Waals surface area contributed by atoms with Gasteiger partial charge in [0.1, 0.15) is 0 Å². The molecule has 0 N–H and O–H groups in total. The Bertz CT molecular complexity index is 116. The van der Waals surface area contributed by atoms with Gasteiger partial charge >= 0.3 is 51.4 Å². The minimum absolute atomic E-state index is 0. The van der Waals surface area contributed by atoms with Gasteiger partial charge in [-0.05, 0) is 24.7 Å². The Morgan fingerprint density at radius 3 is 2.09 bits per heavy atom. The van der Waals surface area contributed by atoms with E-state index in [-0.39, 0.29) is 63.2 Å². The first-order chi connectivity index (χ1) is 4.42. The zero-order valence-electron chi connectivity index (χ0n) is 7.94. The number of carbonyl (C=O) groups excluding carboxylic acids is 1. The number of carboxylic acid groups (broad SMARTS) is 1. The Balaban J connectivity index is 0. The maximum atomic E-state index is 9.97. The molecule has 0 spiro atoms. The fourth-order valence-corrected chi connectivity index (χ4v) is 0.763. The monoisotopic (exact) mass is 182 g/mol. The Morgan fingerprint density at radius 1 is 1.36 bits per heavy atom. The average Bonchev–Trinajstić information content (AvgIpc) is 1.59. The van der Waals surface area contributed by atoms with Gasteiger partial charge in [0.15, 0.2) is 0 Å². The molecular formula is C8H15KO2. The molecule has 0 aliphatic rings. The molecule has 0 heterocycles. The third-order valence-electron chi connectivity index (χ3n) is 1.31. The molecule has 0 aromatic heterocycles. The predicted molar refractivity (Wildman–Crippen MR) is 38.3 cm³/mol. The fourth-order valence-electron chi connectivity index (χ4n) is 0.763. The number of rotatable bonds is 3. The Hall–Kier alpha value is 1.11. The first kappa shape index (κ1) is 14.6. The molecule has 0 fully saturated rings. The van der Waals surface area contributed by atoms with Gasteiger partial charge in [-0.25, -0.2) is 0 Å². The van der Waals surface area contributed by atoms with Crippen molar-refractivity contribution in [2.45, 2.75) is 40.0 Å². The predicted octanol–water partition coefficient (Wildman–Crippen LogP) is -2.04. The molecule has 0 atom stereocenters. The zero-order chi connectivity index (χ0) is 8.20. The molecule has 2 nitrogen and oxygen atoms in total. The van der Waals surface area contributed by atoms with Crippen LogP contribution in [0, 0.1) is 5.41 Å². The largest absolute Gasteiger partial charge is 1.00 e. The van der Waals surface area contributed by atoms with Crippen LogP contribution in [0.5, 0.6) is 0 Å². The van der Waals surface area contributed by atoms with Crippen LogP contribution >= 0.6 is 0 Å². The van der Waals surface area contributed by atoms with E-state index >= 15 is 0 Å². The normalized spacial score (nSPS) is 10.5. The Morgan fingerprint density at radius 2 is 1.82 bits per heavy atom. The molecule has 0 saturated heterocycles. The van der Waals surface area contributed by atoms with Crippen molar-refractivity contribution in [2.75, 3.05) is 0 Å². The van der Waals surface area contributed by atoms with E-state index in [1.807, 2.05) is 0 Å². The molecule has 0 aliphatic carbocycles. The molecular weight excluding hydrogens is 167 g/mol. The summed E-state index contributed by atoms with van der Waals surface area (Å²) in [6.07, 6.45) is 1.87. The van der Waals surface area contributed by atoms with Crippen molar-refractivity contribution in [1.29, 1.82) is 0 Å². The zero-order valence-corrected chi connectivity index (χ0v) is 11.1. The van der Waals surface area contributed by atoms with Crippen molar-refractivity contribution in [3.63, 3.8) is 0 Å². The van der Waals surface area contributed by atoms with E-state index in [4.69, 9.17) is 0 Å². The third kappa shape index (κ3) is 14.0. The summed E-state index contributed by atoms with van der Waals surface area (Å²) in [5.41, 5.74) is 0.245. The molecule has 0 aromatic carbocycles. The summed E-state index contributed by atoms with van der Waals surface area (Å²) in [5.74, 6) is -0.941. The number of carbonyl (C=O) groups is 1. The van der Waals surface area contributed by atoms with Gasteiger partial charge in [-0.2, -0.15) is 0 Å². The molecule has 0 bridgehead atoms. The van der Waals surface area contributed by atoms with E-state index in [1.54, 1.807) is 0 Å². The van der Waals surface area contributed by atoms with Crippen LogP contribution in [0.25, 0.3) is 0 Å². The topological polar surface area (TPSA) is 40.1 Å². The van der Waals surface area contributed by atoms with Crippen LogP contribution in [0.15, 0.2) is 0 Å².